The van der Waals surface area contributed by atoms with E-state index in [0.717, 1.165) is 0 Å². The molecular formula is C6H5N5O3. The maximum absolute atomic E-state index is 10.3. The third kappa shape index (κ3) is 1.28. The molecule has 0 spiro atoms. The monoisotopic (exact) mass is 195 g/mol. The van der Waals surface area contributed by atoms with Gasteiger partial charge < -0.3 is 20.4 Å². The second-order valence-electron chi connectivity index (χ2n) is 2.51. The topological polar surface area (TPSA) is 124 Å². The molecule has 3 N–H and O–H groups in total. The number of aromatic amines is 1. The number of nitrogens with zero attached hydrogens (tertiary/aromatic N) is 3. The van der Waals surface area contributed by atoms with Crippen LogP contribution in [0.2, 0.25) is 0 Å². The minimum Gasteiger partial charge on any atom is -0.368 e. The van der Waals surface area contributed by atoms with Gasteiger partial charge in [0.1, 0.15) is 11.4 Å². The van der Waals surface area contributed by atoms with Crippen LogP contribution in [0.25, 0.3) is 11.4 Å². The Morgan fingerprint density at radius 1 is 1.50 bits per heavy atom. The predicted octanol–water partition coefficient (Wildman–Crippen LogP) is 0.555. The van der Waals surface area contributed by atoms with E-state index in [0.29, 0.717) is 11.4 Å². The lowest BCUT2D eigenvalue weighted by Crippen LogP contribution is -1.86. The number of hydrogen-bond acceptors (Lipinski definition) is 6. The molecule has 2 rings (SSSR count). The fraction of sp³-hybridized carbons (Fsp3) is 0. The van der Waals surface area contributed by atoms with E-state index in [-0.39, 0.29) is 11.7 Å². The zero-order chi connectivity index (χ0) is 10.1. The van der Waals surface area contributed by atoms with E-state index < -0.39 is 4.92 Å². The van der Waals surface area contributed by atoms with Gasteiger partial charge >= 0.3 is 5.82 Å². The molecule has 0 radical (unpaired) electrons. The lowest BCUT2D eigenvalue weighted by Gasteiger charge is -1.83. The van der Waals surface area contributed by atoms with Crippen molar-refractivity contribution in [3.05, 3.63) is 22.2 Å². The molecule has 2 heterocycles. The number of anilines is 1. The molecule has 0 amide bonds. The maximum atomic E-state index is 10.3. The zero-order valence-corrected chi connectivity index (χ0v) is 6.80. The summed E-state index contributed by atoms with van der Waals surface area (Å²) in [5.41, 5.74) is 5.95. The second-order valence-corrected chi connectivity index (χ2v) is 2.51. The first kappa shape index (κ1) is 8.23. The quantitative estimate of drug-likeness (QED) is 0.532. The molecule has 14 heavy (non-hydrogen) atoms. The fourth-order valence-electron chi connectivity index (χ4n) is 0.946. The molecule has 0 aliphatic rings. The summed E-state index contributed by atoms with van der Waals surface area (Å²) in [4.78, 5) is 9.73. The van der Waals surface area contributed by atoms with Gasteiger partial charge in [0.05, 0.1) is 6.07 Å². The Labute approximate surface area is 76.8 Å². The summed E-state index contributed by atoms with van der Waals surface area (Å²) in [6.07, 6.45) is 0. The van der Waals surface area contributed by atoms with E-state index in [1.165, 1.54) is 12.1 Å². The van der Waals surface area contributed by atoms with E-state index in [4.69, 9.17) is 5.73 Å². The molecule has 72 valence electrons. The molecule has 0 fully saturated rings. The van der Waals surface area contributed by atoms with Crippen molar-refractivity contribution in [1.82, 2.24) is 15.4 Å². The van der Waals surface area contributed by atoms with Gasteiger partial charge in [0.2, 0.25) is 5.88 Å². The van der Waals surface area contributed by atoms with Crippen LogP contribution in [0.5, 0.6) is 0 Å². The van der Waals surface area contributed by atoms with Crippen LogP contribution in [0.15, 0.2) is 16.7 Å². The number of nitrogens with two attached hydrogens (primary N) is 1. The van der Waals surface area contributed by atoms with Crippen molar-refractivity contribution >= 4 is 11.7 Å². The Kier molecular flexibility index (Phi) is 1.67. The number of nitrogens with one attached hydrogen (secondary N) is 1. The minimum atomic E-state index is -0.583. The Balaban J connectivity index is 2.38. The number of hydrogen-bond donors (Lipinski definition) is 2. The molecule has 8 heteroatoms. The van der Waals surface area contributed by atoms with Gasteiger partial charge in [-0.15, -0.1) is 5.10 Å². The molecule has 0 aromatic carbocycles. The van der Waals surface area contributed by atoms with Crippen molar-refractivity contribution < 1.29 is 9.45 Å². The number of H-pyrrole nitrogens is 1. The van der Waals surface area contributed by atoms with Gasteiger partial charge in [0.15, 0.2) is 0 Å². The number of nitro groups is 1. The van der Waals surface area contributed by atoms with Crippen molar-refractivity contribution in [2.24, 2.45) is 0 Å². The lowest BCUT2D eigenvalue weighted by molar-refractivity contribution is -0.389. The van der Waals surface area contributed by atoms with Crippen molar-refractivity contribution in [3.63, 3.8) is 0 Å². The number of rotatable bonds is 2. The average molecular weight is 195 g/mol. The summed E-state index contributed by atoms with van der Waals surface area (Å²) in [6.45, 7) is 0. The SMILES string of the molecule is Nc1cc(-c2cc([N+](=O)[O-])[nH]n2)no1. The highest BCUT2D eigenvalue weighted by Gasteiger charge is 2.14. The molecule has 0 aliphatic carbocycles. The van der Waals surface area contributed by atoms with Crippen LogP contribution < -0.4 is 5.73 Å². The van der Waals surface area contributed by atoms with Crippen molar-refractivity contribution in [2.75, 3.05) is 5.73 Å². The van der Waals surface area contributed by atoms with Gasteiger partial charge in [-0.1, -0.05) is 10.3 Å². The summed E-state index contributed by atoms with van der Waals surface area (Å²) in [7, 11) is 0. The van der Waals surface area contributed by atoms with Crippen LogP contribution in [-0.4, -0.2) is 20.3 Å². The Bertz CT molecular complexity index is 473. The van der Waals surface area contributed by atoms with E-state index in [1.54, 1.807) is 0 Å². The molecule has 0 unspecified atom stereocenters. The van der Waals surface area contributed by atoms with Crippen LogP contribution in [0.3, 0.4) is 0 Å². The van der Waals surface area contributed by atoms with E-state index in [1.807, 2.05) is 0 Å². The van der Waals surface area contributed by atoms with Crippen molar-refractivity contribution in [1.29, 1.82) is 0 Å². The molecular weight excluding hydrogens is 190 g/mol. The maximum Gasteiger partial charge on any atom is 0.343 e. The molecule has 0 saturated carbocycles. The van der Waals surface area contributed by atoms with E-state index in [2.05, 4.69) is 19.9 Å². The highest BCUT2D eigenvalue weighted by atomic mass is 16.6. The van der Waals surface area contributed by atoms with Gasteiger partial charge in [0.25, 0.3) is 0 Å². The lowest BCUT2D eigenvalue weighted by atomic mass is 10.3. The zero-order valence-electron chi connectivity index (χ0n) is 6.80. The molecule has 0 bridgehead atoms. The summed E-state index contributed by atoms with van der Waals surface area (Å²) in [6, 6.07) is 2.68. The first-order valence-corrected chi connectivity index (χ1v) is 3.59. The average Bonchev–Trinajstić information content (AvgIpc) is 2.70. The molecule has 2 aromatic heterocycles. The Morgan fingerprint density at radius 2 is 2.29 bits per heavy atom. The molecule has 8 nitrogen and oxygen atoms in total. The first-order chi connectivity index (χ1) is 6.66. The summed E-state index contributed by atoms with van der Waals surface area (Å²) < 4.78 is 4.59. The Morgan fingerprint density at radius 3 is 2.79 bits per heavy atom. The van der Waals surface area contributed by atoms with Crippen molar-refractivity contribution in [3.8, 4) is 11.4 Å². The molecule has 0 atom stereocenters. The van der Waals surface area contributed by atoms with Crippen LogP contribution in [0.4, 0.5) is 11.7 Å². The normalized spacial score (nSPS) is 10.3. The number of aromatic nitrogens is 3. The van der Waals surface area contributed by atoms with Crippen LogP contribution in [-0.2, 0) is 0 Å². The Hall–Kier alpha value is -2.38. The van der Waals surface area contributed by atoms with E-state index in [9.17, 15) is 10.1 Å². The highest BCUT2D eigenvalue weighted by molar-refractivity contribution is 5.58. The molecule has 2 aromatic rings. The highest BCUT2D eigenvalue weighted by Crippen LogP contribution is 2.20. The van der Waals surface area contributed by atoms with Crippen LogP contribution in [0.1, 0.15) is 0 Å². The third-order valence-electron chi connectivity index (χ3n) is 1.55. The largest absolute Gasteiger partial charge is 0.368 e. The standard InChI is InChI=1S/C6H5N5O3/c7-5-1-4(10-14-5)3-2-6(9-8-3)11(12)13/h1-2H,7H2,(H,8,9). The van der Waals surface area contributed by atoms with Gasteiger partial charge in [-0.3, -0.25) is 0 Å². The van der Waals surface area contributed by atoms with E-state index >= 15 is 0 Å². The minimum absolute atomic E-state index is 0.130. The molecule has 0 aliphatic heterocycles. The smallest absolute Gasteiger partial charge is 0.343 e. The summed E-state index contributed by atoms with van der Waals surface area (Å²) >= 11 is 0. The van der Waals surface area contributed by atoms with Gasteiger partial charge in [0, 0.05) is 6.07 Å². The molecule has 0 saturated heterocycles. The van der Waals surface area contributed by atoms with Crippen LogP contribution >= 0.6 is 0 Å². The summed E-state index contributed by atoms with van der Waals surface area (Å²) in [5.74, 6) is -0.0766. The van der Waals surface area contributed by atoms with Gasteiger partial charge in [-0.2, -0.15) is 0 Å². The fourth-order valence-corrected chi connectivity index (χ4v) is 0.946. The van der Waals surface area contributed by atoms with Gasteiger partial charge in [-0.05, 0) is 4.92 Å². The first-order valence-electron chi connectivity index (χ1n) is 3.59. The van der Waals surface area contributed by atoms with Gasteiger partial charge in [-0.25, -0.2) is 0 Å². The second kappa shape index (κ2) is 2.83. The van der Waals surface area contributed by atoms with Crippen LogP contribution in [0, 0.1) is 10.1 Å². The third-order valence-corrected chi connectivity index (χ3v) is 1.55. The predicted molar refractivity (Wildman–Crippen MR) is 45.2 cm³/mol. The number of nitrogen functional groups attached to an aromatic ring is 1. The van der Waals surface area contributed by atoms with Crippen molar-refractivity contribution in [2.45, 2.75) is 0 Å². The summed E-state index contributed by atoms with van der Waals surface area (Å²) in [5, 5.41) is 19.8.